The van der Waals surface area contributed by atoms with Crippen molar-refractivity contribution in [1.29, 1.82) is 5.26 Å². The fraction of sp³-hybridized carbons (Fsp3) is 0.556. The molecular formula is C9H13NO3Si. The van der Waals surface area contributed by atoms with Gasteiger partial charge in [0.15, 0.2) is 0 Å². The summed E-state index contributed by atoms with van der Waals surface area (Å²) < 4.78 is 5.52. The highest BCUT2D eigenvalue weighted by Crippen LogP contribution is 2.24. The minimum Gasteiger partial charge on any atom is -0.477 e. The molecule has 1 N–H and O–H groups in total. The lowest BCUT2D eigenvalue weighted by atomic mass is 10.1. The standard InChI is InChI=1S/C9H13NO3Si/c10-6-7(8(11)12)5-9(14)3-1-2-4-13-9/h5H,1-4H2,14H3,(H,11,12). The van der Waals surface area contributed by atoms with Gasteiger partial charge in [-0.2, -0.15) is 5.26 Å². The van der Waals surface area contributed by atoms with Crippen molar-refractivity contribution >= 4 is 16.2 Å². The smallest absolute Gasteiger partial charge is 0.346 e. The highest BCUT2D eigenvalue weighted by atomic mass is 28.1. The number of nitriles is 1. The minimum atomic E-state index is -1.17. The van der Waals surface area contributed by atoms with Crippen molar-refractivity contribution in [3.8, 4) is 6.07 Å². The van der Waals surface area contributed by atoms with Crippen molar-refractivity contribution in [2.45, 2.75) is 24.5 Å². The van der Waals surface area contributed by atoms with Crippen molar-refractivity contribution in [3.05, 3.63) is 11.6 Å². The molecule has 1 fully saturated rings. The predicted molar refractivity (Wildman–Crippen MR) is 53.8 cm³/mol. The van der Waals surface area contributed by atoms with Crippen LogP contribution in [0, 0.1) is 11.3 Å². The Balaban J connectivity index is 2.82. The van der Waals surface area contributed by atoms with Crippen molar-refractivity contribution in [2.75, 3.05) is 6.61 Å². The Morgan fingerprint density at radius 3 is 2.79 bits per heavy atom. The molecular weight excluding hydrogens is 198 g/mol. The number of carboxylic acid groups (broad SMARTS) is 1. The number of carboxylic acids is 1. The first-order chi connectivity index (χ1) is 6.57. The molecule has 5 heteroatoms. The van der Waals surface area contributed by atoms with Gasteiger partial charge >= 0.3 is 5.97 Å². The van der Waals surface area contributed by atoms with Crippen LogP contribution in [-0.2, 0) is 9.53 Å². The molecule has 14 heavy (non-hydrogen) atoms. The van der Waals surface area contributed by atoms with Gasteiger partial charge in [0.1, 0.15) is 11.6 Å². The topological polar surface area (TPSA) is 70.3 Å². The average Bonchev–Trinajstić information content (AvgIpc) is 2.15. The van der Waals surface area contributed by atoms with E-state index in [1.54, 1.807) is 6.07 Å². The Morgan fingerprint density at radius 1 is 1.64 bits per heavy atom. The summed E-state index contributed by atoms with van der Waals surface area (Å²) >= 11 is 0. The van der Waals surface area contributed by atoms with Gasteiger partial charge in [-0.25, -0.2) is 4.79 Å². The Morgan fingerprint density at radius 2 is 2.36 bits per heavy atom. The molecule has 1 rings (SSSR count). The molecule has 0 spiro atoms. The quantitative estimate of drug-likeness (QED) is 0.389. The largest absolute Gasteiger partial charge is 0.477 e. The van der Waals surface area contributed by atoms with Gasteiger partial charge < -0.3 is 9.84 Å². The number of nitrogens with zero attached hydrogens (tertiary/aromatic N) is 1. The van der Waals surface area contributed by atoms with Crippen LogP contribution in [0.3, 0.4) is 0 Å². The van der Waals surface area contributed by atoms with Gasteiger partial charge in [0.2, 0.25) is 0 Å². The first kappa shape index (κ1) is 11.0. The third-order valence-corrected chi connectivity index (χ3v) is 3.38. The molecule has 1 aliphatic rings. The van der Waals surface area contributed by atoms with E-state index in [-0.39, 0.29) is 5.57 Å². The summed E-state index contributed by atoms with van der Waals surface area (Å²) in [6.07, 6.45) is 4.36. The molecule has 1 unspecified atom stereocenters. The lowest BCUT2D eigenvalue weighted by molar-refractivity contribution is -0.132. The highest BCUT2D eigenvalue weighted by Gasteiger charge is 2.27. The molecule has 76 valence electrons. The molecule has 0 aromatic carbocycles. The zero-order chi connectivity index (χ0) is 10.6. The van der Waals surface area contributed by atoms with Crippen LogP contribution >= 0.6 is 0 Å². The molecule has 1 saturated heterocycles. The number of carbonyl (C=O) groups is 1. The van der Waals surface area contributed by atoms with Crippen LogP contribution in [0.5, 0.6) is 0 Å². The zero-order valence-corrected chi connectivity index (χ0v) is 10.1. The van der Waals surface area contributed by atoms with E-state index < -0.39 is 11.2 Å². The van der Waals surface area contributed by atoms with Crippen LogP contribution in [0.25, 0.3) is 0 Å². The van der Waals surface area contributed by atoms with Crippen molar-refractivity contribution in [2.24, 2.45) is 0 Å². The molecule has 0 radical (unpaired) electrons. The highest BCUT2D eigenvalue weighted by molar-refractivity contribution is 6.16. The van der Waals surface area contributed by atoms with Gasteiger partial charge in [-0.3, -0.25) is 0 Å². The first-order valence-corrected chi connectivity index (χ1v) is 5.58. The fourth-order valence-corrected chi connectivity index (χ4v) is 2.36. The maximum atomic E-state index is 10.6. The van der Waals surface area contributed by atoms with Crippen LogP contribution < -0.4 is 0 Å². The maximum absolute atomic E-state index is 10.6. The van der Waals surface area contributed by atoms with Crippen LogP contribution in [-0.4, -0.2) is 33.1 Å². The summed E-state index contributed by atoms with van der Waals surface area (Å²) in [5, 5.41) is 16.8. The van der Waals surface area contributed by atoms with Crippen LogP contribution in [0.15, 0.2) is 11.6 Å². The summed E-state index contributed by atoms with van der Waals surface area (Å²) in [5.41, 5.74) is -0.207. The second-order valence-corrected chi connectivity index (χ2v) is 5.29. The molecule has 1 atom stereocenters. The summed E-state index contributed by atoms with van der Waals surface area (Å²) in [5.74, 6) is -1.17. The maximum Gasteiger partial charge on any atom is 0.346 e. The molecule has 1 heterocycles. The summed E-state index contributed by atoms with van der Waals surface area (Å²) in [6.45, 7) is 0.665. The second kappa shape index (κ2) is 4.40. The van der Waals surface area contributed by atoms with Crippen molar-refractivity contribution in [1.82, 2.24) is 0 Å². The Hall–Kier alpha value is -1.12. The van der Waals surface area contributed by atoms with Gasteiger partial charge in [0.05, 0.1) is 5.22 Å². The number of aliphatic carboxylic acids is 1. The third-order valence-electron chi connectivity index (χ3n) is 2.30. The van der Waals surface area contributed by atoms with Crippen molar-refractivity contribution < 1.29 is 14.6 Å². The molecule has 0 aromatic heterocycles. The Kier molecular flexibility index (Phi) is 3.44. The van der Waals surface area contributed by atoms with E-state index in [0.29, 0.717) is 16.8 Å². The van der Waals surface area contributed by atoms with Crippen LogP contribution in [0.1, 0.15) is 19.3 Å². The van der Waals surface area contributed by atoms with Crippen molar-refractivity contribution in [3.63, 3.8) is 0 Å². The van der Waals surface area contributed by atoms with Gasteiger partial charge in [-0.05, 0) is 25.3 Å². The molecule has 0 amide bonds. The SMILES string of the molecule is N#CC(=CC1([SiH3])CCCCO1)C(=O)O. The van der Waals surface area contributed by atoms with Gasteiger partial charge in [-0.1, -0.05) is 0 Å². The Bertz CT molecular complexity index is 300. The average molecular weight is 211 g/mol. The van der Waals surface area contributed by atoms with E-state index in [0.717, 1.165) is 19.3 Å². The first-order valence-electron chi connectivity index (χ1n) is 4.58. The zero-order valence-electron chi connectivity index (χ0n) is 8.12. The Labute approximate surface area is 85.6 Å². The summed E-state index contributed by atoms with van der Waals surface area (Å²) in [6, 6.07) is 1.68. The van der Waals surface area contributed by atoms with Gasteiger partial charge in [0, 0.05) is 16.8 Å². The molecule has 0 aromatic rings. The van der Waals surface area contributed by atoms with E-state index in [4.69, 9.17) is 15.1 Å². The number of hydrogen-bond donors (Lipinski definition) is 1. The number of rotatable bonds is 2. The van der Waals surface area contributed by atoms with E-state index in [9.17, 15) is 4.79 Å². The monoisotopic (exact) mass is 211 g/mol. The predicted octanol–water partition coefficient (Wildman–Crippen LogP) is -0.217. The fourth-order valence-electron chi connectivity index (χ4n) is 1.52. The van der Waals surface area contributed by atoms with E-state index in [2.05, 4.69) is 0 Å². The number of hydrogen-bond acceptors (Lipinski definition) is 3. The molecule has 4 nitrogen and oxygen atoms in total. The molecule has 1 aliphatic heterocycles. The summed E-state index contributed by atoms with van der Waals surface area (Å²) in [4.78, 5) is 10.6. The normalized spacial score (nSPS) is 28.4. The van der Waals surface area contributed by atoms with Crippen LogP contribution in [0.4, 0.5) is 0 Å². The second-order valence-electron chi connectivity index (χ2n) is 3.59. The minimum absolute atomic E-state index is 0.207. The third kappa shape index (κ3) is 2.69. The number of ether oxygens (including phenoxy) is 1. The molecule has 0 bridgehead atoms. The van der Waals surface area contributed by atoms with Gasteiger partial charge in [-0.15, -0.1) is 0 Å². The molecule has 0 aliphatic carbocycles. The van der Waals surface area contributed by atoms with E-state index in [1.165, 1.54) is 6.08 Å². The van der Waals surface area contributed by atoms with Gasteiger partial charge in [0.25, 0.3) is 0 Å². The molecule has 0 saturated carbocycles. The lowest BCUT2D eigenvalue weighted by Gasteiger charge is -2.31. The van der Waals surface area contributed by atoms with E-state index in [1.807, 2.05) is 0 Å². The summed E-state index contributed by atoms with van der Waals surface area (Å²) in [7, 11) is 0.715. The van der Waals surface area contributed by atoms with Crippen LogP contribution in [0.2, 0.25) is 0 Å². The lowest BCUT2D eigenvalue weighted by Crippen LogP contribution is -2.35. The van der Waals surface area contributed by atoms with E-state index >= 15 is 0 Å².